The summed E-state index contributed by atoms with van der Waals surface area (Å²) >= 11 is 0. The fraction of sp³-hybridized carbons (Fsp3) is 0.286. The van der Waals surface area contributed by atoms with Crippen molar-refractivity contribution in [3.63, 3.8) is 0 Å². The van der Waals surface area contributed by atoms with Gasteiger partial charge >= 0.3 is 5.97 Å². The number of amides is 2. The van der Waals surface area contributed by atoms with Gasteiger partial charge in [0.05, 0.1) is 17.5 Å². The van der Waals surface area contributed by atoms with E-state index >= 15 is 0 Å². The lowest BCUT2D eigenvalue weighted by atomic mass is 10.0. The second-order valence-corrected chi connectivity index (χ2v) is 6.75. The molecular formula is C21H21FN2O4. The van der Waals surface area contributed by atoms with Crippen LogP contribution in [0.1, 0.15) is 39.1 Å². The molecule has 0 spiro atoms. The minimum Gasteiger partial charge on any atom is -0.478 e. The average Bonchev–Trinajstić information content (AvgIpc) is 2.70. The maximum atomic E-state index is 13.7. The molecule has 0 unspecified atom stereocenters. The predicted molar refractivity (Wildman–Crippen MR) is 101 cm³/mol. The topological polar surface area (TPSA) is 86.7 Å². The molecule has 2 aromatic carbocycles. The van der Waals surface area contributed by atoms with Gasteiger partial charge in [-0.25, -0.2) is 9.18 Å². The lowest BCUT2D eigenvalue weighted by molar-refractivity contribution is -0.131. The van der Waals surface area contributed by atoms with Crippen LogP contribution in [-0.4, -0.2) is 46.9 Å². The number of likely N-dealkylation sites (tertiary alicyclic amines) is 1. The Balaban J connectivity index is 1.54. The lowest BCUT2D eigenvalue weighted by Gasteiger charge is -2.32. The summed E-state index contributed by atoms with van der Waals surface area (Å²) in [6.07, 6.45) is 1.13. The van der Waals surface area contributed by atoms with Crippen molar-refractivity contribution < 1.29 is 23.9 Å². The third kappa shape index (κ3) is 4.54. The van der Waals surface area contributed by atoms with Crippen LogP contribution in [0.5, 0.6) is 0 Å². The number of carboxylic acids is 1. The van der Waals surface area contributed by atoms with Gasteiger partial charge in [-0.05, 0) is 36.6 Å². The van der Waals surface area contributed by atoms with E-state index in [-0.39, 0.29) is 29.5 Å². The van der Waals surface area contributed by atoms with Crippen LogP contribution in [0.2, 0.25) is 0 Å². The first-order chi connectivity index (χ1) is 13.5. The first kappa shape index (κ1) is 19.5. The minimum absolute atomic E-state index is 0.00961. The summed E-state index contributed by atoms with van der Waals surface area (Å²) in [4.78, 5) is 37.8. The highest BCUT2D eigenvalue weighted by Gasteiger charge is 2.25. The normalized spacial score (nSPS) is 14.5. The van der Waals surface area contributed by atoms with Crippen molar-refractivity contribution >= 4 is 17.8 Å². The molecule has 1 aliphatic rings. The van der Waals surface area contributed by atoms with Gasteiger partial charge in [0.2, 0.25) is 5.91 Å². The SMILES string of the molecule is O=C(O)c1ccccc1C(=O)NC1CCN(C(=O)Cc2ccccc2F)CC1. The third-order valence-electron chi connectivity index (χ3n) is 4.88. The van der Waals surface area contributed by atoms with Crippen LogP contribution >= 0.6 is 0 Å². The Kier molecular flexibility index (Phi) is 6.03. The number of nitrogens with one attached hydrogen (secondary N) is 1. The maximum Gasteiger partial charge on any atom is 0.336 e. The van der Waals surface area contributed by atoms with E-state index in [1.54, 1.807) is 35.2 Å². The molecule has 1 aliphatic heterocycles. The quantitative estimate of drug-likeness (QED) is 0.829. The van der Waals surface area contributed by atoms with Crippen molar-refractivity contribution in [2.75, 3.05) is 13.1 Å². The van der Waals surface area contributed by atoms with Crippen LogP contribution in [0.25, 0.3) is 0 Å². The van der Waals surface area contributed by atoms with Crippen molar-refractivity contribution in [2.24, 2.45) is 0 Å². The number of carbonyl (C=O) groups is 3. The molecule has 0 aromatic heterocycles. The summed E-state index contributed by atoms with van der Waals surface area (Å²) in [6, 6.07) is 12.1. The molecule has 0 atom stereocenters. The highest BCUT2D eigenvalue weighted by molar-refractivity contribution is 6.04. The molecule has 0 radical (unpaired) electrons. The van der Waals surface area contributed by atoms with Gasteiger partial charge in [0, 0.05) is 19.1 Å². The van der Waals surface area contributed by atoms with Gasteiger partial charge in [-0.2, -0.15) is 0 Å². The van der Waals surface area contributed by atoms with Crippen molar-refractivity contribution in [1.29, 1.82) is 0 Å². The molecule has 7 heteroatoms. The van der Waals surface area contributed by atoms with Crippen molar-refractivity contribution in [3.8, 4) is 0 Å². The van der Waals surface area contributed by atoms with Gasteiger partial charge in [-0.1, -0.05) is 30.3 Å². The van der Waals surface area contributed by atoms with E-state index in [2.05, 4.69) is 5.32 Å². The number of nitrogens with zero attached hydrogens (tertiary/aromatic N) is 1. The van der Waals surface area contributed by atoms with Crippen LogP contribution in [0.15, 0.2) is 48.5 Å². The van der Waals surface area contributed by atoms with Crippen molar-refractivity contribution in [1.82, 2.24) is 10.2 Å². The summed E-state index contributed by atoms with van der Waals surface area (Å²) in [5.74, 6) is -2.13. The number of rotatable bonds is 5. The summed E-state index contributed by atoms with van der Waals surface area (Å²) in [5, 5.41) is 12.1. The van der Waals surface area contributed by atoms with Gasteiger partial charge in [0.1, 0.15) is 5.82 Å². The Morgan fingerprint density at radius 2 is 1.61 bits per heavy atom. The van der Waals surface area contributed by atoms with Crippen LogP contribution in [0.4, 0.5) is 4.39 Å². The molecule has 0 bridgehead atoms. The standard InChI is InChI=1S/C21H21FN2O4/c22-18-8-4-1-5-14(18)13-19(25)24-11-9-15(10-12-24)23-20(26)16-6-2-3-7-17(16)21(27)28/h1-8,15H,9-13H2,(H,23,26)(H,27,28). The van der Waals surface area contributed by atoms with E-state index in [9.17, 15) is 23.9 Å². The summed E-state index contributed by atoms with van der Waals surface area (Å²) in [5.41, 5.74) is 0.443. The number of hydrogen-bond acceptors (Lipinski definition) is 3. The molecule has 28 heavy (non-hydrogen) atoms. The molecule has 2 N–H and O–H groups in total. The number of halogens is 1. The number of hydrogen-bond donors (Lipinski definition) is 2. The van der Waals surface area contributed by atoms with Crippen LogP contribution in [0.3, 0.4) is 0 Å². The summed E-state index contributed by atoms with van der Waals surface area (Å²) in [7, 11) is 0. The van der Waals surface area contributed by atoms with Crippen LogP contribution in [0, 0.1) is 5.82 Å². The maximum absolute atomic E-state index is 13.7. The minimum atomic E-state index is -1.15. The molecule has 2 aromatic rings. The Morgan fingerprint density at radius 3 is 2.25 bits per heavy atom. The fourth-order valence-corrected chi connectivity index (χ4v) is 3.32. The zero-order valence-electron chi connectivity index (χ0n) is 15.2. The highest BCUT2D eigenvalue weighted by atomic mass is 19.1. The molecule has 6 nitrogen and oxygen atoms in total. The molecular weight excluding hydrogens is 363 g/mol. The zero-order valence-corrected chi connectivity index (χ0v) is 15.2. The number of carbonyl (C=O) groups excluding carboxylic acids is 2. The van der Waals surface area contributed by atoms with Crippen LogP contribution < -0.4 is 5.32 Å². The highest BCUT2D eigenvalue weighted by Crippen LogP contribution is 2.16. The third-order valence-corrected chi connectivity index (χ3v) is 4.88. The van der Waals surface area contributed by atoms with Gasteiger partial charge in [-0.3, -0.25) is 9.59 Å². The van der Waals surface area contributed by atoms with Gasteiger partial charge in [-0.15, -0.1) is 0 Å². The van der Waals surface area contributed by atoms with Gasteiger partial charge < -0.3 is 15.3 Å². The Bertz CT molecular complexity index is 891. The van der Waals surface area contributed by atoms with E-state index < -0.39 is 17.7 Å². The largest absolute Gasteiger partial charge is 0.478 e. The molecule has 2 amide bonds. The van der Waals surface area contributed by atoms with Gasteiger partial charge in [0.15, 0.2) is 0 Å². The molecule has 0 aliphatic carbocycles. The van der Waals surface area contributed by atoms with Gasteiger partial charge in [0.25, 0.3) is 5.91 Å². The molecule has 146 valence electrons. The van der Waals surface area contributed by atoms with E-state index in [1.165, 1.54) is 18.2 Å². The number of benzene rings is 2. The summed E-state index contributed by atoms with van der Waals surface area (Å²) in [6.45, 7) is 0.914. The van der Waals surface area contributed by atoms with Crippen molar-refractivity contribution in [2.45, 2.75) is 25.3 Å². The lowest BCUT2D eigenvalue weighted by Crippen LogP contribution is -2.47. The molecule has 1 saturated heterocycles. The van der Waals surface area contributed by atoms with Crippen molar-refractivity contribution in [3.05, 3.63) is 71.0 Å². The fourth-order valence-electron chi connectivity index (χ4n) is 3.32. The number of piperidine rings is 1. The average molecular weight is 384 g/mol. The number of carboxylic acid groups (broad SMARTS) is 1. The second kappa shape index (κ2) is 8.65. The first-order valence-corrected chi connectivity index (χ1v) is 9.10. The first-order valence-electron chi connectivity index (χ1n) is 9.10. The zero-order chi connectivity index (χ0) is 20.1. The smallest absolute Gasteiger partial charge is 0.336 e. The summed E-state index contributed by atoms with van der Waals surface area (Å²) < 4.78 is 13.7. The molecule has 1 heterocycles. The Labute approximate surface area is 162 Å². The molecule has 0 saturated carbocycles. The van der Waals surface area contributed by atoms with Crippen LogP contribution in [-0.2, 0) is 11.2 Å². The molecule has 1 fully saturated rings. The number of aromatic carboxylic acids is 1. The van der Waals surface area contributed by atoms with E-state index in [0.717, 1.165) is 0 Å². The van der Waals surface area contributed by atoms with E-state index in [1.807, 2.05) is 0 Å². The molecule has 3 rings (SSSR count). The Morgan fingerprint density at radius 1 is 1.00 bits per heavy atom. The monoisotopic (exact) mass is 384 g/mol. The second-order valence-electron chi connectivity index (χ2n) is 6.75. The Hall–Kier alpha value is -3.22. The predicted octanol–water partition coefficient (Wildman–Crippen LogP) is 2.49. The van der Waals surface area contributed by atoms with E-state index in [0.29, 0.717) is 31.5 Å². The van der Waals surface area contributed by atoms with E-state index in [4.69, 9.17) is 0 Å².